The number of carbonyl (C=O) groups excluding carboxylic acids is 1. The number of aryl methyl sites for hydroxylation is 1. The van der Waals surface area contributed by atoms with Crippen LogP contribution in [0.2, 0.25) is 0 Å². The molecule has 2 rings (SSSR count). The molecule has 7 heteroatoms. The Kier molecular flexibility index (Phi) is 5.98. The van der Waals surface area contributed by atoms with Crippen molar-refractivity contribution in [2.45, 2.75) is 39.2 Å². The molecule has 1 aliphatic carbocycles. The van der Waals surface area contributed by atoms with E-state index < -0.39 is 0 Å². The topological polar surface area (TPSA) is 78.4 Å². The third kappa shape index (κ3) is 6.12. The Hall–Kier alpha value is -1.63. The van der Waals surface area contributed by atoms with Gasteiger partial charge in [-0.25, -0.2) is 9.98 Å². The van der Waals surface area contributed by atoms with E-state index >= 15 is 0 Å². The van der Waals surface area contributed by atoms with E-state index in [9.17, 15) is 4.79 Å². The maximum atomic E-state index is 11.6. The van der Waals surface area contributed by atoms with Crippen molar-refractivity contribution in [2.75, 3.05) is 19.6 Å². The Bertz CT molecular complexity index is 495. The van der Waals surface area contributed by atoms with Gasteiger partial charge < -0.3 is 16.0 Å². The van der Waals surface area contributed by atoms with Crippen LogP contribution < -0.4 is 16.0 Å². The molecule has 1 saturated carbocycles. The van der Waals surface area contributed by atoms with Crippen LogP contribution in [-0.2, 0) is 11.2 Å². The fourth-order valence-corrected chi connectivity index (χ4v) is 2.59. The Labute approximate surface area is 129 Å². The van der Waals surface area contributed by atoms with Gasteiger partial charge >= 0.3 is 0 Å². The molecule has 1 fully saturated rings. The molecule has 1 aromatic heterocycles. The minimum absolute atomic E-state index is 0.00903. The maximum Gasteiger partial charge on any atom is 0.242 e. The lowest BCUT2D eigenvalue weighted by molar-refractivity contribution is -0.119. The molecule has 0 radical (unpaired) electrons. The molecule has 1 heterocycles. The number of aliphatic imine (C=N–C) groups is 1. The average Bonchev–Trinajstić information content (AvgIpc) is 3.16. The lowest BCUT2D eigenvalue weighted by Crippen LogP contribution is -2.39. The lowest BCUT2D eigenvalue weighted by atomic mass is 10.4. The third-order valence-corrected chi connectivity index (χ3v) is 3.94. The fourth-order valence-electron chi connectivity index (χ4n) is 1.80. The quantitative estimate of drug-likeness (QED) is 0.515. The summed E-state index contributed by atoms with van der Waals surface area (Å²) in [6.07, 6.45) is 4.95. The summed E-state index contributed by atoms with van der Waals surface area (Å²) in [5.41, 5.74) is 0. The maximum absolute atomic E-state index is 11.6. The Balaban J connectivity index is 1.73. The molecule has 1 aliphatic rings. The van der Waals surface area contributed by atoms with E-state index in [1.807, 2.05) is 13.1 Å². The molecule has 1 aromatic rings. The zero-order chi connectivity index (χ0) is 15.1. The summed E-state index contributed by atoms with van der Waals surface area (Å²) in [5.74, 6) is 0.668. The van der Waals surface area contributed by atoms with Crippen LogP contribution in [0.1, 0.15) is 29.7 Å². The summed E-state index contributed by atoms with van der Waals surface area (Å²) >= 11 is 1.71. The number of hydrogen-bond donors (Lipinski definition) is 3. The number of thiazole rings is 1. The molecule has 116 valence electrons. The Morgan fingerprint density at radius 3 is 2.90 bits per heavy atom. The zero-order valence-corrected chi connectivity index (χ0v) is 13.4. The Morgan fingerprint density at radius 1 is 1.48 bits per heavy atom. The molecule has 1 amide bonds. The van der Waals surface area contributed by atoms with E-state index in [0.717, 1.165) is 37.4 Å². The fraction of sp³-hybridized carbons (Fsp3) is 0.643. The number of aromatic nitrogens is 1. The highest BCUT2D eigenvalue weighted by molar-refractivity contribution is 7.11. The van der Waals surface area contributed by atoms with Gasteiger partial charge in [0.15, 0.2) is 5.96 Å². The van der Waals surface area contributed by atoms with Crippen LogP contribution in [0, 0.1) is 6.92 Å². The van der Waals surface area contributed by atoms with E-state index in [-0.39, 0.29) is 12.5 Å². The SMILES string of the molecule is CCNC(=NCC(=O)NC1CC1)NCCc1ncc(C)s1. The van der Waals surface area contributed by atoms with E-state index in [1.54, 1.807) is 11.3 Å². The lowest BCUT2D eigenvalue weighted by Gasteiger charge is -2.10. The van der Waals surface area contributed by atoms with Crippen LogP contribution in [0.25, 0.3) is 0 Å². The molecule has 0 aromatic carbocycles. The molecule has 0 bridgehead atoms. The van der Waals surface area contributed by atoms with Crippen molar-refractivity contribution >= 4 is 23.2 Å². The first-order valence-corrected chi connectivity index (χ1v) is 8.22. The highest BCUT2D eigenvalue weighted by Crippen LogP contribution is 2.18. The molecule has 0 unspecified atom stereocenters. The second-order valence-corrected chi connectivity index (χ2v) is 6.40. The first-order chi connectivity index (χ1) is 10.2. The summed E-state index contributed by atoms with van der Waals surface area (Å²) in [7, 11) is 0. The molecular weight excluding hydrogens is 286 g/mol. The zero-order valence-electron chi connectivity index (χ0n) is 12.6. The predicted molar refractivity (Wildman–Crippen MR) is 85.7 cm³/mol. The average molecular weight is 309 g/mol. The van der Waals surface area contributed by atoms with Gasteiger partial charge in [-0.3, -0.25) is 4.79 Å². The normalized spacial score (nSPS) is 14.9. The molecule has 21 heavy (non-hydrogen) atoms. The van der Waals surface area contributed by atoms with Crippen molar-refractivity contribution in [2.24, 2.45) is 4.99 Å². The number of nitrogens with one attached hydrogen (secondary N) is 3. The Morgan fingerprint density at radius 2 is 2.29 bits per heavy atom. The summed E-state index contributed by atoms with van der Waals surface area (Å²) in [5, 5.41) is 10.4. The standard InChI is InChI=1S/C14H23N5OS/c1-3-15-14(18-9-12(20)19-11-4-5-11)16-7-6-13-17-8-10(2)21-13/h8,11H,3-7,9H2,1-2H3,(H,19,20)(H2,15,16,18). The number of carbonyl (C=O) groups is 1. The first-order valence-electron chi connectivity index (χ1n) is 7.40. The van der Waals surface area contributed by atoms with Crippen molar-refractivity contribution in [1.29, 1.82) is 0 Å². The monoisotopic (exact) mass is 309 g/mol. The van der Waals surface area contributed by atoms with Crippen LogP contribution >= 0.6 is 11.3 Å². The molecule has 0 aliphatic heterocycles. The van der Waals surface area contributed by atoms with Gasteiger partial charge in [-0.05, 0) is 26.7 Å². The van der Waals surface area contributed by atoms with Crippen molar-refractivity contribution in [3.8, 4) is 0 Å². The largest absolute Gasteiger partial charge is 0.357 e. The summed E-state index contributed by atoms with van der Waals surface area (Å²) in [4.78, 5) is 21.5. The van der Waals surface area contributed by atoms with Crippen LogP contribution in [0.15, 0.2) is 11.2 Å². The van der Waals surface area contributed by atoms with Gasteiger partial charge in [0.2, 0.25) is 5.91 Å². The van der Waals surface area contributed by atoms with Gasteiger partial charge in [-0.2, -0.15) is 0 Å². The van der Waals surface area contributed by atoms with Gasteiger partial charge in [0, 0.05) is 36.6 Å². The molecule has 0 spiro atoms. The first kappa shape index (κ1) is 15.8. The summed E-state index contributed by atoms with van der Waals surface area (Å²) < 4.78 is 0. The summed E-state index contributed by atoms with van der Waals surface area (Å²) in [6.45, 7) is 5.75. The van der Waals surface area contributed by atoms with Crippen molar-refractivity contribution in [3.63, 3.8) is 0 Å². The number of amides is 1. The van der Waals surface area contributed by atoms with Gasteiger partial charge in [-0.15, -0.1) is 11.3 Å². The summed E-state index contributed by atoms with van der Waals surface area (Å²) in [6, 6.07) is 0.386. The number of nitrogens with zero attached hydrogens (tertiary/aromatic N) is 2. The van der Waals surface area contributed by atoms with Gasteiger partial charge in [0.05, 0.1) is 5.01 Å². The van der Waals surface area contributed by atoms with Gasteiger partial charge in [0.25, 0.3) is 0 Å². The van der Waals surface area contributed by atoms with E-state index in [2.05, 4.69) is 32.9 Å². The molecule has 0 saturated heterocycles. The molecule has 0 atom stereocenters. The third-order valence-electron chi connectivity index (χ3n) is 2.97. The van der Waals surface area contributed by atoms with E-state index in [1.165, 1.54) is 4.88 Å². The van der Waals surface area contributed by atoms with E-state index in [4.69, 9.17) is 0 Å². The van der Waals surface area contributed by atoms with Crippen molar-refractivity contribution < 1.29 is 4.79 Å². The van der Waals surface area contributed by atoms with Crippen molar-refractivity contribution in [1.82, 2.24) is 20.9 Å². The minimum atomic E-state index is -0.00903. The molecular formula is C14H23N5OS. The van der Waals surface area contributed by atoms with Crippen LogP contribution in [0.3, 0.4) is 0 Å². The van der Waals surface area contributed by atoms with Crippen LogP contribution in [0.5, 0.6) is 0 Å². The van der Waals surface area contributed by atoms with Crippen molar-refractivity contribution in [3.05, 3.63) is 16.1 Å². The van der Waals surface area contributed by atoms with Crippen LogP contribution in [0.4, 0.5) is 0 Å². The number of hydrogen-bond acceptors (Lipinski definition) is 4. The van der Waals surface area contributed by atoms with Crippen LogP contribution in [-0.4, -0.2) is 42.5 Å². The number of rotatable bonds is 7. The smallest absolute Gasteiger partial charge is 0.242 e. The number of guanidine groups is 1. The highest BCUT2D eigenvalue weighted by atomic mass is 32.1. The molecule has 6 nitrogen and oxygen atoms in total. The van der Waals surface area contributed by atoms with Gasteiger partial charge in [-0.1, -0.05) is 0 Å². The minimum Gasteiger partial charge on any atom is -0.357 e. The second-order valence-electron chi connectivity index (χ2n) is 5.08. The highest BCUT2D eigenvalue weighted by Gasteiger charge is 2.22. The second kappa shape index (κ2) is 7.97. The molecule has 3 N–H and O–H groups in total. The van der Waals surface area contributed by atoms with E-state index in [0.29, 0.717) is 12.0 Å². The van der Waals surface area contributed by atoms with Gasteiger partial charge in [0.1, 0.15) is 6.54 Å². The predicted octanol–water partition coefficient (Wildman–Crippen LogP) is 0.828.